The van der Waals surface area contributed by atoms with Crippen molar-refractivity contribution in [2.75, 3.05) is 14.2 Å². The molecule has 0 spiro atoms. The summed E-state index contributed by atoms with van der Waals surface area (Å²) in [5, 5.41) is 0. The van der Waals surface area contributed by atoms with Crippen molar-refractivity contribution in [3.63, 3.8) is 0 Å². The van der Waals surface area contributed by atoms with Crippen molar-refractivity contribution >= 4 is 0 Å². The minimum Gasteiger partial charge on any atom is -0.493 e. The van der Waals surface area contributed by atoms with Gasteiger partial charge in [0.1, 0.15) is 0 Å². The highest BCUT2D eigenvalue weighted by Crippen LogP contribution is 2.42. The van der Waals surface area contributed by atoms with Gasteiger partial charge in [0.15, 0.2) is 11.5 Å². The predicted molar refractivity (Wildman–Crippen MR) is 76.6 cm³/mol. The number of fused-ring (bicyclic) bond motifs is 1. The topological polar surface area (TPSA) is 53.5 Å². The molecule has 2 aromatic carbocycles. The number of benzene rings is 2. The van der Waals surface area contributed by atoms with E-state index in [2.05, 4.69) is 36.4 Å². The molecule has 2 aromatic rings. The molecule has 1 aliphatic carbocycles. The van der Waals surface area contributed by atoms with E-state index in [4.69, 9.17) is 9.47 Å². The van der Waals surface area contributed by atoms with Crippen LogP contribution in [-0.2, 0) is 6.42 Å². The van der Waals surface area contributed by atoms with Crippen molar-refractivity contribution in [1.82, 2.24) is 6.15 Å². The summed E-state index contributed by atoms with van der Waals surface area (Å²) in [5.41, 5.74) is 4.19. The van der Waals surface area contributed by atoms with Gasteiger partial charge in [0.2, 0.25) is 0 Å². The van der Waals surface area contributed by atoms with E-state index >= 15 is 0 Å². The molecule has 0 heterocycles. The van der Waals surface area contributed by atoms with Gasteiger partial charge < -0.3 is 15.6 Å². The summed E-state index contributed by atoms with van der Waals surface area (Å²) in [6.45, 7) is 0. The standard InChI is InChI=1S/C16H16O2.H3N/c1-17-15-8-7-12(10-16(15)18-2)14-9-11-5-3-4-6-13(11)14;/h3-8,10,14H,9H2,1-2H3;1H3. The fourth-order valence-corrected chi connectivity index (χ4v) is 2.63. The van der Waals surface area contributed by atoms with Gasteiger partial charge in [0.05, 0.1) is 14.2 Å². The highest BCUT2D eigenvalue weighted by molar-refractivity contribution is 5.51. The number of ether oxygens (including phenoxy) is 2. The first-order chi connectivity index (χ1) is 8.83. The van der Waals surface area contributed by atoms with Crippen molar-refractivity contribution in [3.05, 3.63) is 59.2 Å². The van der Waals surface area contributed by atoms with E-state index in [-0.39, 0.29) is 6.15 Å². The van der Waals surface area contributed by atoms with Gasteiger partial charge in [-0.2, -0.15) is 0 Å². The van der Waals surface area contributed by atoms with Gasteiger partial charge in [-0.15, -0.1) is 0 Å². The Hall–Kier alpha value is -2.00. The van der Waals surface area contributed by atoms with Gasteiger partial charge >= 0.3 is 0 Å². The largest absolute Gasteiger partial charge is 0.493 e. The van der Waals surface area contributed by atoms with Crippen molar-refractivity contribution in [2.45, 2.75) is 12.3 Å². The lowest BCUT2D eigenvalue weighted by atomic mass is 9.74. The maximum Gasteiger partial charge on any atom is 0.161 e. The molecule has 3 nitrogen and oxygen atoms in total. The summed E-state index contributed by atoms with van der Waals surface area (Å²) in [5.74, 6) is 2.09. The molecule has 1 atom stereocenters. The highest BCUT2D eigenvalue weighted by Gasteiger charge is 2.27. The Bertz CT molecular complexity index is 581. The van der Waals surface area contributed by atoms with Crippen LogP contribution >= 0.6 is 0 Å². The Morgan fingerprint density at radius 1 is 0.947 bits per heavy atom. The second-order valence-corrected chi connectivity index (χ2v) is 4.57. The van der Waals surface area contributed by atoms with Crippen molar-refractivity contribution < 1.29 is 9.47 Å². The number of rotatable bonds is 3. The van der Waals surface area contributed by atoms with Crippen LogP contribution in [0.4, 0.5) is 0 Å². The maximum absolute atomic E-state index is 5.36. The van der Waals surface area contributed by atoms with E-state index < -0.39 is 0 Å². The molecule has 0 aliphatic heterocycles. The lowest BCUT2D eigenvalue weighted by Gasteiger charge is -2.30. The Morgan fingerprint density at radius 2 is 1.68 bits per heavy atom. The van der Waals surface area contributed by atoms with E-state index in [9.17, 15) is 0 Å². The molecule has 0 saturated heterocycles. The Morgan fingerprint density at radius 3 is 2.37 bits per heavy atom. The van der Waals surface area contributed by atoms with Crippen molar-refractivity contribution in [3.8, 4) is 11.5 Å². The fourth-order valence-electron chi connectivity index (χ4n) is 2.63. The number of hydrogen-bond donors (Lipinski definition) is 1. The summed E-state index contributed by atoms with van der Waals surface area (Å²) in [7, 11) is 3.34. The van der Waals surface area contributed by atoms with E-state index in [0.29, 0.717) is 5.92 Å². The summed E-state index contributed by atoms with van der Waals surface area (Å²) in [6.07, 6.45) is 1.12. The third-order valence-electron chi connectivity index (χ3n) is 3.66. The zero-order valence-corrected chi connectivity index (χ0v) is 11.3. The molecule has 0 saturated carbocycles. The second kappa shape index (κ2) is 5.33. The first-order valence-electron chi connectivity index (χ1n) is 6.13. The Kier molecular flexibility index (Phi) is 3.76. The SMILES string of the molecule is COc1ccc(C2Cc3ccccc32)cc1OC.N. The van der Waals surface area contributed by atoms with Crippen LogP contribution in [0, 0.1) is 0 Å². The molecule has 0 bridgehead atoms. The summed E-state index contributed by atoms with van der Waals surface area (Å²) in [6, 6.07) is 14.8. The van der Waals surface area contributed by atoms with Gasteiger partial charge in [0.25, 0.3) is 0 Å². The zero-order valence-electron chi connectivity index (χ0n) is 11.3. The van der Waals surface area contributed by atoms with Crippen LogP contribution in [0.2, 0.25) is 0 Å². The molecule has 3 rings (SSSR count). The molecule has 0 amide bonds. The van der Waals surface area contributed by atoms with Crippen LogP contribution in [0.5, 0.6) is 11.5 Å². The molecule has 0 aromatic heterocycles. The van der Waals surface area contributed by atoms with E-state index in [1.54, 1.807) is 14.2 Å². The van der Waals surface area contributed by atoms with Gasteiger partial charge in [0, 0.05) is 5.92 Å². The zero-order chi connectivity index (χ0) is 12.5. The molecule has 19 heavy (non-hydrogen) atoms. The van der Waals surface area contributed by atoms with Gasteiger partial charge in [-0.3, -0.25) is 0 Å². The average Bonchev–Trinajstić information content (AvgIpc) is 2.40. The molecule has 3 heteroatoms. The van der Waals surface area contributed by atoms with Crippen LogP contribution in [0.25, 0.3) is 0 Å². The van der Waals surface area contributed by atoms with E-state index in [1.165, 1.54) is 16.7 Å². The lowest BCUT2D eigenvalue weighted by molar-refractivity contribution is 0.354. The van der Waals surface area contributed by atoms with Crippen LogP contribution < -0.4 is 15.6 Å². The second-order valence-electron chi connectivity index (χ2n) is 4.57. The third kappa shape index (κ3) is 2.17. The molecular formula is C16H19NO2. The molecule has 1 unspecified atom stereocenters. The first-order valence-corrected chi connectivity index (χ1v) is 6.13. The van der Waals surface area contributed by atoms with Crippen LogP contribution in [0.15, 0.2) is 42.5 Å². The predicted octanol–water partition coefficient (Wildman–Crippen LogP) is 3.55. The fraction of sp³-hybridized carbons (Fsp3) is 0.250. The van der Waals surface area contributed by atoms with Gasteiger partial charge in [-0.25, -0.2) is 0 Å². The van der Waals surface area contributed by atoms with Crippen molar-refractivity contribution in [1.29, 1.82) is 0 Å². The Balaban J connectivity index is 0.00000133. The van der Waals surface area contributed by atoms with Crippen LogP contribution in [-0.4, -0.2) is 14.2 Å². The normalized spacial score (nSPS) is 15.8. The number of hydrogen-bond acceptors (Lipinski definition) is 3. The molecule has 1 aliphatic rings. The van der Waals surface area contributed by atoms with E-state index in [0.717, 1.165) is 17.9 Å². The molecule has 0 fully saturated rings. The van der Waals surface area contributed by atoms with Crippen LogP contribution in [0.3, 0.4) is 0 Å². The third-order valence-corrected chi connectivity index (χ3v) is 3.66. The quantitative estimate of drug-likeness (QED) is 0.914. The summed E-state index contributed by atoms with van der Waals surface area (Å²) in [4.78, 5) is 0. The van der Waals surface area contributed by atoms with Gasteiger partial charge in [-0.05, 0) is 35.2 Å². The minimum absolute atomic E-state index is 0. The van der Waals surface area contributed by atoms with Crippen molar-refractivity contribution in [2.24, 2.45) is 0 Å². The monoisotopic (exact) mass is 257 g/mol. The van der Waals surface area contributed by atoms with E-state index in [1.807, 2.05) is 6.07 Å². The highest BCUT2D eigenvalue weighted by atomic mass is 16.5. The lowest BCUT2D eigenvalue weighted by Crippen LogP contribution is -2.17. The number of methoxy groups -OCH3 is 2. The summed E-state index contributed by atoms with van der Waals surface area (Å²) < 4.78 is 10.6. The first kappa shape index (κ1) is 13.4. The molecule has 3 N–H and O–H groups in total. The minimum atomic E-state index is 0. The maximum atomic E-state index is 5.36. The molecular weight excluding hydrogens is 238 g/mol. The van der Waals surface area contributed by atoms with Gasteiger partial charge in [-0.1, -0.05) is 30.3 Å². The molecule has 100 valence electrons. The molecule has 0 radical (unpaired) electrons. The smallest absolute Gasteiger partial charge is 0.161 e. The Labute approximate surface area is 113 Å². The summed E-state index contributed by atoms with van der Waals surface area (Å²) >= 11 is 0. The van der Waals surface area contributed by atoms with Crippen LogP contribution in [0.1, 0.15) is 22.6 Å². The average molecular weight is 257 g/mol.